The molecule has 1 unspecified atom stereocenters. The minimum Gasteiger partial charge on any atom is -0.347 e. The van der Waals surface area contributed by atoms with Gasteiger partial charge >= 0.3 is 0 Å². The Kier molecular flexibility index (Phi) is 3.74. The number of aromatic amines is 1. The van der Waals surface area contributed by atoms with E-state index in [2.05, 4.69) is 40.6 Å². The summed E-state index contributed by atoms with van der Waals surface area (Å²) in [6.45, 7) is 5.30. The summed E-state index contributed by atoms with van der Waals surface area (Å²) in [5.74, 6) is 0.992. The van der Waals surface area contributed by atoms with Crippen LogP contribution in [0.5, 0.6) is 0 Å². The maximum atomic E-state index is 4.34. The van der Waals surface area contributed by atoms with Gasteiger partial charge in [-0.3, -0.25) is 0 Å². The number of nitrogens with one attached hydrogen (secondary N) is 2. The predicted octanol–water partition coefficient (Wildman–Crippen LogP) is 2.87. The van der Waals surface area contributed by atoms with Crippen LogP contribution >= 0.6 is 11.3 Å². The fourth-order valence-electron chi connectivity index (χ4n) is 1.71. The van der Waals surface area contributed by atoms with Crippen molar-refractivity contribution in [2.45, 2.75) is 26.3 Å². The van der Waals surface area contributed by atoms with Crippen LogP contribution in [0.4, 0.5) is 0 Å². The Morgan fingerprint density at radius 2 is 2.44 bits per heavy atom. The average molecular weight is 235 g/mol. The average Bonchev–Trinajstić information content (AvgIpc) is 2.91. The fraction of sp³-hybridized carbons (Fsp3) is 0.417. The van der Waals surface area contributed by atoms with Crippen LogP contribution in [-0.2, 0) is 0 Å². The molecule has 86 valence electrons. The molecule has 0 saturated carbocycles. The lowest BCUT2D eigenvalue weighted by atomic mass is 10.1. The van der Waals surface area contributed by atoms with Crippen LogP contribution in [0, 0.1) is 6.92 Å². The normalized spacial score (nSPS) is 12.9. The molecule has 0 bridgehead atoms. The predicted molar refractivity (Wildman–Crippen MR) is 67.8 cm³/mol. The molecule has 0 saturated heterocycles. The molecule has 2 aromatic rings. The lowest BCUT2D eigenvalue weighted by Gasteiger charge is -2.14. The van der Waals surface area contributed by atoms with Crippen LogP contribution in [0.1, 0.15) is 35.7 Å². The van der Waals surface area contributed by atoms with E-state index in [4.69, 9.17) is 0 Å². The highest BCUT2D eigenvalue weighted by Gasteiger charge is 2.16. The van der Waals surface area contributed by atoms with E-state index in [-0.39, 0.29) is 6.04 Å². The van der Waals surface area contributed by atoms with Crippen molar-refractivity contribution in [1.29, 1.82) is 0 Å². The smallest absolute Gasteiger partial charge is 0.127 e. The maximum absolute atomic E-state index is 4.34. The van der Waals surface area contributed by atoms with E-state index in [0.717, 1.165) is 18.8 Å². The number of aromatic nitrogens is 2. The molecule has 4 heteroatoms. The van der Waals surface area contributed by atoms with Crippen molar-refractivity contribution in [3.63, 3.8) is 0 Å². The summed E-state index contributed by atoms with van der Waals surface area (Å²) in [7, 11) is 0. The number of aryl methyl sites for hydroxylation is 1. The third-order valence-corrected chi connectivity index (χ3v) is 3.36. The Morgan fingerprint density at radius 1 is 1.56 bits per heavy atom. The molecule has 0 aliphatic rings. The minimum absolute atomic E-state index is 0.194. The first kappa shape index (κ1) is 11.4. The molecule has 0 radical (unpaired) electrons. The Labute approximate surface area is 99.9 Å². The summed E-state index contributed by atoms with van der Waals surface area (Å²) in [6.07, 6.45) is 4.80. The molecule has 0 aromatic carbocycles. The van der Waals surface area contributed by atoms with Gasteiger partial charge in [0.05, 0.1) is 6.04 Å². The summed E-state index contributed by atoms with van der Waals surface area (Å²) in [5, 5.41) is 5.71. The van der Waals surface area contributed by atoms with Crippen molar-refractivity contribution >= 4 is 11.3 Å². The molecule has 0 aliphatic carbocycles. The van der Waals surface area contributed by atoms with Crippen molar-refractivity contribution in [2.75, 3.05) is 6.54 Å². The quantitative estimate of drug-likeness (QED) is 0.836. The molecule has 2 heterocycles. The first-order valence-corrected chi connectivity index (χ1v) is 6.47. The first-order valence-electron chi connectivity index (χ1n) is 5.59. The fourth-order valence-corrected chi connectivity index (χ4v) is 2.44. The molecule has 1 atom stereocenters. The topological polar surface area (TPSA) is 40.7 Å². The van der Waals surface area contributed by atoms with Gasteiger partial charge in [0.25, 0.3) is 0 Å². The van der Waals surface area contributed by atoms with Crippen LogP contribution in [-0.4, -0.2) is 16.5 Å². The van der Waals surface area contributed by atoms with Gasteiger partial charge in [0, 0.05) is 17.3 Å². The van der Waals surface area contributed by atoms with Crippen LogP contribution in [0.15, 0.2) is 23.8 Å². The summed E-state index contributed by atoms with van der Waals surface area (Å²) in [5.41, 5.74) is 1.30. The maximum Gasteiger partial charge on any atom is 0.127 e. The second-order valence-corrected chi connectivity index (χ2v) is 4.97. The van der Waals surface area contributed by atoms with Gasteiger partial charge in [-0.15, -0.1) is 11.3 Å². The zero-order chi connectivity index (χ0) is 11.4. The standard InChI is InChI=1S/C12H17N3S/c1-3-4-13-11(12-14-5-6-15-12)10-7-9(2)16-8-10/h5-8,11,13H,3-4H2,1-2H3,(H,14,15). The van der Waals surface area contributed by atoms with Crippen molar-refractivity contribution in [1.82, 2.24) is 15.3 Å². The van der Waals surface area contributed by atoms with Gasteiger partial charge < -0.3 is 10.3 Å². The minimum atomic E-state index is 0.194. The van der Waals surface area contributed by atoms with E-state index < -0.39 is 0 Å². The number of nitrogens with zero attached hydrogens (tertiary/aromatic N) is 1. The third-order valence-electron chi connectivity index (χ3n) is 2.48. The molecule has 0 amide bonds. The summed E-state index contributed by atoms with van der Waals surface area (Å²) >= 11 is 1.78. The largest absolute Gasteiger partial charge is 0.347 e. The highest BCUT2D eigenvalue weighted by molar-refractivity contribution is 7.10. The van der Waals surface area contributed by atoms with E-state index in [1.807, 2.05) is 6.20 Å². The van der Waals surface area contributed by atoms with E-state index in [1.54, 1.807) is 17.5 Å². The van der Waals surface area contributed by atoms with E-state index in [0.29, 0.717) is 0 Å². The summed E-state index contributed by atoms with van der Waals surface area (Å²) < 4.78 is 0. The number of rotatable bonds is 5. The van der Waals surface area contributed by atoms with E-state index >= 15 is 0 Å². The molecular weight excluding hydrogens is 218 g/mol. The number of imidazole rings is 1. The molecular formula is C12H17N3S. The van der Waals surface area contributed by atoms with E-state index in [9.17, 15) is 0 Å². The number of hydrogen-bond donors (Lipinski definition) is 2. The van der Waals surface area contributed by atoms with Gasteiger partial charge in [-0.25, -0.2) is 4.98 Å². The third kappa shape index (κ3) is 2.51. The van der Waals surface area contributed by atoms with Crippen molar-refractivity contribution < 1.29 is 0 Å². The van der Waals surface area contributed by atoms with Crippen molar-refractivity contribution in [3.8, 4) is 0 Å². The monoisotopic (exact) mass is 235 g/mol. The van der Waals surface area contributed by atoms with Crippen LogP contribution < -0.4 is 5.32 Å². The van der Waals surface area contributed by atoms with Gasteiger partial charge in [0.15, 0.2) is 0 Å². The zero-order valence-corrected chi connectivity index (χ0v) is 10.5. The van der Waals surface area contributed by atoms with Crippen molar-refractivity contribution in [2.24, 2.45) is 0 Å². The highest BCUT2D eigenvalue weighted by Crippen LogP contribution is 2.24. The number of thiophene rings is 1. The number of H-pyrrole nitrogens is 1. The molecule has 0 aliphatic heterocycles. The van der Waals surface area contributed by atoms with Gasteiger partial charge in [0.1, 0.15) is 5.82 Å². The lowest BCUT2D eigenvalue weighted by Crippen LogP contribution is -2.23. The van der Waals surface area contributed by atoms with Crippen LogP contribution in [0.3, 0.4) is 0 Å². The van der Waals surface area contributed by atoms with Gasteiger partial charge in [-0.2, -0.15) is 0 Å². The van der Waals surface area contributed by atoms with Gasteiger partial charge in [0.2, 0.25) is 0 Å². The molecule has 0 spiro atoms. The van der Waals surface area contributed by atoms with Gasteiger partial charge in [-0.1, -0.05) is 6.92 Å². The Balaban J connectivity index is 2.21. The lowest BCUT2D eigenvalue weighted by molar-refractivity contribution is 0.578. The second kappa shape index (κ2) is 5.27. The first-order chi connectivity index (χ1) is 7.81. The van der Waals surface area contributed by atoms with Crippen LogP contribution in [0.2, 0.25) is 0 Å². The summed E-state index contributed by atoms with van der Waals surface area (Å²) in [4.78, 5) is 8.86. The molecule has 0 fully saturated rings. The molecule has 2 rings (SSSR count). The SMILES string of the molecule is CCCNC(c1csc(C)c1)c1ncc[nH]1. The zero-order valence-electron chi connectivity index (χ0n) is 9.66. The molecule has 2 aromatic heterocycles. The van der Waals surface area contributed by atoms with E-state index in [1.165, 1.54) is 10.4 Å². The van der Waals surface area contributed by atoms with Crippen molar-refractivity contribution in [3.05, 3.63) is 40.1 Å². The highest BCUT2D eigenvalue weighted by atomic mass is 32.1. The molecule has 3 nitrogen and oxygen atoms in total. The van der Waals surface area contributed by atoms with Gasteiger partial charge in [-0.05, 0) is 36.9 Å². The Hall–Kier alpha value is -1.13. The summed E-state index contributed by atoms with van der Waals surface area (Å²) in [6, 6.07) is 2.42. The Morgan fingerprint density at radius 3 is 3.00 bits per heavy atom. The number of hydrogen-bond acceptors (Lipinski definition) is 3. The molecule has 2 N–H and O–H groups in total. The Bertz CT molecular complexity index is 419. The van der Waals surface area contributed by atoms with Crippen LogP contribution in [0.25, 0.3) is 0 Å². The second-order valence-electron chi connectivity index (χ2n) is 3.85. The molecule has 16 heavy (non-hydrogen) atoms.